The molecule has 0 spiro atoms. The van der Waals surface area contributed by atoms with Crippen molar-refractivity contribution in [1.82, 2.24) is 5.01 Å². The molecule has 0 bridgehead atoms. The van der Waals surface area contributed by atoms with Gasteiger partial charge >= 0.3 is 6.09 Å². The summed E-state index contributed by atoms with van der Waals surface area (Å²) in [7, 11) is 0. The first-order valence-corrected chi connectivity index (χ1v) is 10.9. The van der Waals surface area contributed by atoms with Crippen molar-refractivity contribution in [1.29, 1.82) is 0 Å². The van der Waals surface area contributed by atoms with E-state index in [1.807, 2.05) is 0 Å². The van der Waals surface area contributed by atoms with Crippen LogP contribution < -0.4 is 5.32 Å². The normalized spacial score (nSPS) is 15.5. The second-order valence-corrected chi connectivity index (χ2v) is 8.94. The van der Waals surface area contributed by atoms with Crippen LogP contribution in [0.25, 0.3) is 0 Å². The van der Waals surface area contributed by atoms with Gasteiger partial charge < -0.3 is 9.15 Å². The lowest BCUT2D eigenvalue weighted by Crippen LogP contribution is -2.27. The maximum atomic E-state index is 13.2. The Balaban J connectivity index is 1.56. The van der Waals surface area contributed by atoms with Crippen LogP contribution in [0.5, 0.6) is 0 Å². The Hall–Kier alpha value is -4.47. The highest BCUT2D eigenvalue weighted by molar-refractivity contribution is 6.05. The third-order valence-corrected chi connectivity index (χ3v) is 5.18. The summed E-state index contributed by atoms with van der Waals surface area (Å²) in [4.78, 5) is 35.7. The molecular formula is C25H24N4O6. The Labute approximate surface area is 201 Å². The molecule has 2 heterocycles. The number of nitro groups is 1. The Kier molecular flexibility index (Phi) is 6.37. The van der Waals surface area contributed by atoms with Gasteiger partial charge in [-0.2, -0.15) is 5.10 Å². The summed E-state index contributed by atoms with van der Waals surface area (Å²) in [6.07, 6.45) is 1.38. The summed E-state index contributed by atoms with van der Waals surface area (Å²) in [5, 5.41) is 19.5. The van der Waals surface area contributed by atoms with Gasteiger partial charge in [-0.15, -0.1) is 0 Å². The molecule has 35 heavy (non-hydrogen) atoms. The molecule has 0 aliphatic carbocycles. The number of anilines is 1. The van der Waals surface area contributed by atoms with E-state index >= 15 is 0 Å². The lowest BCUT2D eigenvalue weighted by molar-refractivity contribution is -0.384. The quantitative estimate of drug-likeness (QED) is 0.381. The lowest BCUT2D eigenvalue weighted by atomic mass is 10.0. The molecule has 0 saturated heterocycles. The number of furan rings is 1. The average molecular weight is 476 g/mol. The van der Waals surface area contributed by atoms with E-state index in [2.05, 4.69) is 10.4 Å². The Morgan fingerprint density at radius 1 is 1.11 bits per heavy atom. The van der Waals surface area contributed by atoms with Crippen molar-refractivity contribution in [3.05, 3.63) is 93.9 Å². The van der Waals surface area contributed by atoms with Gasteiger partial charge in [0, 0.05) is 29.8 Å². The average Bonchev–Trinajstić information content (AvgIpc) is 3.48. The minimum absolute atomic E-state index is 0.102. The minimum Gasteiger partial charge on any atom is -0.467 e. The fourth-order valence-electron chi connectivity index (χ4n) is 3.60. The van der Waals surface area contributed by atoms with Gasteiger partial charge in [0.05, 0.1) is 16.9 Å². The fraction of sp³-hybridized carbons (Fsp3) is 0.240. The third kappa shape index (κ3) is 5.55. The zero-order valence-electron chi connectivity index (χ0n) is 19.4. The van der Waals surface area contributed by atoms with Crippen molar-refractivity contribution in [3.8, 4) is 0 Å². The summed E-state index contributed by atoms with van der Waals surface area (Å²) in [5.41, 5.74) is 1.55. The molecule has 1 aromatic heterocycles. The summed E-state index contributed by atoms with van der Waals surface area (Å²) < 4.78 is 10.8. The molecule has 1 atom stereocenters. The van der Waals surface area contributed by atoms with Crippen LogP contribution >= 0.6 is 0 Å². The number of carbonyl (C=O) groups excluding carboxylic acids is 2. The van der Waals surface area contributed by atoms with E-state index < -0.39 is 28.6 Å². The summed E-state index contributed by atoms with van der Waals surface area (Å²) in [6, 6.07) is 15.5. The number of rotatable bonds is 5. The number of hydrazone groups is 1. The molecule has 2 aromatic carbocycles. The first-order chi connectivity index (χ1) is 16.6. The van der Waals surface area contributed by atoms with Gasteiger partial charge in [0.2, 0.25) is 0 Å². The van der Waals surface area contributed by atoms with E-state index in [1.165, 1.54) is 35.5 Å². The van der Waals surface area contributed by atoms with Crippen LogP contribution in [0.15, 0.2) is 76.4 Å². The number of nitrogens with zero attached hydrogens (tertiary/aromatic N) is 3. The van der Waals surface area contributed by atoms with Gasteiger partial charge in [0.1, 0.15) is 17.4 Å². The van der Waals surface area contributed by atoms with Crippen LogP contribution in [0.3, 0.4) is 0 Å². The van der Waals surface area contributed by atoms with Gasteiger partial charge in [-0.25, -0.2) is 9.80 Å². The van der Waals surface area contributed by atoms with Crippen LogP contribution in [-0.4, -0.2) is 33.2 Å². The van der Waals surface area contributed by atoms with Crippen molar-refractivity contribution in [2.75, 3.05) is 5.32 Å². The smallest absolute Gasteiger partial charge is 0.412 e. The number of nitrogens with one attached hydrogen (secondary N) is 1. The van der Waals surface area contributed by atoms with Crippen LogP contribution in [0.2, 0.25) is 0 Å². The van der Waals surface area contributed by atoms with E-state index in [1.54, 1.807) is 57.2 Å². The Morgan fingerprint density at radius 2 is 1.80 bits per heavy atom. The Morgan fingerprint density at radius 3 is 2.37 bits per heavy atom. The highest BCUT2D eigenvalue weighted by Crippen LogP contribution is 2.34. The SMILES string of the molecule is CC(C)(C)OC(=O)Nc1ccc(C2=NN(C(=O)c3ccc([N+](=O)[O-])cc3)C(c3ccco3)C2)cc1. The first kappa shape index (κ1) is 23.7. The zero-order valence-corrected chi connectivity index (χ0v) is 19.4. The van der Waals surface area contributed by atoms with E-state index in [0.717, 1.165) is 5.56 Å². The molecule has 1 aliphatic rings. The molecule has 10 heteroatoms. The van der Waals surface area contributed by atoms with Crippen molar-refractivity contribution in [2.24, 2.45) is 5.10 Å². The van der Waals surface area contributed by atoms with Gasteiger partial charge in [-0.05, 0) is 62.7 Å². The molecule has 10 nitrogen and oxygen atoms in total. The number of hydrogen-bond donors (Lipinski definition) is 1. The Bertz CT molecular complexity index is 1260. The molecule has 1 aliphatic heterocycles. The summed E-state index contributed by atoms with van der Waals surface area (Å²) >= 11 is 0. The van der Waals surface area contributed by atoms with Gasteiger partial charge in [0.15, 0.2) is 0 Å². The van der Waals surface area contributed by atoms with E-state index in [-0.39, 0.29) is 11.3 Å². The molecular weight excluding hydrogens is 452 g/mol. The molecule has 0 radical (unpaired) electrons. The number of carbonyl (C=O) groups is 2. The second kappa shape index (κ2) is 9.41. The van der Waals surface area contributed by atoms with Crippen LogP contribution in [0, 0.1) is 10.1 Å². The largest absolute Gasteiger partial charge is 0.467 e. The number of ether oxygens (including phenoxy) is 1. The van der Waals surface area contributed by atoms with Crippen molar-refractivity contribution < 1.29 is 23.7 Å². The first-order valence-electron chi connectivity index (χ1n) is 10.9. The van der Waals surface area contributed by atoms with Crippen molar-refractivity contribution >= 4 is 29.1 Å². The topological polar surface area (TPSA) is 127 Å². The molecule has 1 unspecified atom stereocenters. The molecule has 180 valence electrons. The molecule has 2 amide bonds. The highest BCUT2D eigenvalue weighted by atomic mass is 16.6. The zero-order chi connectivity index (χ0) is 25.2. The van der Waals surface area contributed by atoms with Crippen LogP contribution in [0.1, 0.15) is 54.9 Å². The van der Waals surface area contributed by atoms with E-state index in [9.17, 15) is 19.7 Å². The summed E-state index contributed by atoms with van der Waals surface area (Å²) in [5.74, 6) is 0.168. The maximum Gasteiger partial charge on any atom is 0.412 e. The van der Waals surface area contributed by atoms with Crippen LogP contribution in [0.4, 0.5) is 16.2 Å². The lowest BCUT2D eigenvalue weighted by Gasteiger charge is -2.19. The molecule has 0 fully saturated rings. The number of nitro benzene ring substituents is 1. The monoisotopic (exact) mass is 476 g/mol. The van der Waals surface area contributed by atoms with E-state index in [4.69, 9.17) is 9.15 Å². The minimum atomic E-state index is -0.608. The number of amides is 2. The molecule has 3 aromatic rings. The number of non-ortho nitro benzene ring substituents is 1. The highest BCUT2D eigenvalue weighted by Gasteiger charge is 2.35. The second-order valence-electron chi connectivity index (χ2n) is 8.94. The fourth-order valence-corrected chi connectivity index (χ4v) is 3.60. The number of hydrogen-bond acceptors (Lipinski definition) is 7. The standard InChI is InChI=1S/C25H24N4O6/c1-25(2,3)35-24(31)26-18-10-6-16(7-11-18)20-15-21(22-5-4-14-34-22)28(27-20)23(30)17-8-12-19(13-9-17)29(32)33/h4-14,21H,15H2,1-3H3,(H,26,31). The predicted molar refractivity (Wildman–Crippen MR) is 128 cm³/mol. The van der Waals surface area contributed by atoms with E-state index in [0.29, 0.717) is 23.6 Å². The predicted octanol–water partition coefficient (Wildman–Crippen LogP) is 5.53. The van der Waals surface area contributed by atoms with Gasteiger partial charge in [0.25, 0.3) is 11.6 Å². The van der Waals surface area contributed by atoms with Crippen LogP contribution in [-0.2, 0) is 4.74 Å². The van der Waals surface area contributed by atoms with Gasteiger partial charge in [-0.1, -0.05) is 12.1 Å². The molecule has 0 saturated carbocycles. The maximum absolute atomic E-state index is 13.2. The van der Waals surface area contributed by atoms with Crippen molar-refractivity contribution in [3.63, 3.8) is 0 Å². The van der Waals surface area contributed by atoms with Gasteiger partial charge in [-0.3, -0.25) is 20.2 Å². The van der Waals surface area contributed by atoms with Crippen molar-refractivity contribution in [2.45, 2.75) is 38.8 Å². The number of benzene rings is 2. The summed E-state index contributed by atoms with van der Waals surface area (Å²) in [6.45, 7) is 5.35. The third-order valence-electron chi connectivity index (χ3n) is 5.18. The molecule has 1 N–H and O–H groups in total. The molecule has 4 rings (SSSR count).